The summed E-state index contributed by atoms with van der Waals surface area (Å²) in [5.41, 5.74) is 4.38. The molecule has 0 amide bonds. The van der Waals surface area contributed by atoms with Crippen LogP contribution in [0.3, 0.4) is 0 Å². The number of methoxy groups -OCH3 is 1. The molecular weight excluding hydrogens is 382 g/mol. The van der Waals surface area contributed by atoms with Crippen LogP contribution in [-0.2, 0) is 17.4 Å². The van der Waals surface area contributed by atoms with Gasteiger partial charge in [0, 0.05) is 12.1 Å². The van der Waals surface area contributed by atoms with Gasteiger partial charge in [-0.1, -0.05) is 17.7 Å². The third-order valence-corrected chi connectivity index (χ3v) is 8.37. The second-order valence-electron chi connectivity index (χ2n) is 8.42. The molecule has 1 heterocycles. The van der Waals surface area contributed by atoms with Crippen LogP contribution in [0.25, 0.3) is 0 Å². The van der Waals surface area contributed by atoms with E-state index in [0.717, 1.165) is 58.6 Å². The van der Waals surface area contributed by atoms with Crippen LogP contribution in [0.15, 0.2) is 35.2 Å². The predicted molar refractivity (Wildman–Crippen MR) is 116 cm³/mol. The Morgan fingerprint density at radius 3 is 2.45 bits per heavy atom. The summed E-state index contributed by atoms with van der Waals surface area (Å²) >= 11 is 0. The van der Waals surface area contributed by atoms with Crippen LogP contribution in [0.5, 0.6) is 5.75 Å². The van der Waals surface area contributed by atoms with Crippen molar-refractivity contribution in [3.05, 3.63) is 58.1 Å². The number of carbonyl (C=O) groups is 1. The van der Waals surface area contributed by atoms with Crippen LogP contribution in [0, 0.1) is 20.8 Å². The zero-order valence-electron chi connectivity index (χ0n) is 17.7. The number of ether oxygens (including phenoxy) is 1. The molecule has 29 heavy (non-hydrogen) atoms. The van der Waals surface area contributed by atoms with Gasteiger partial charge in [0.2, 0.25) is 0 Å². The first-order valence-electron chi connectivity index (χ1n) is 10.4. The molecule has 2 aromatic carbocycles. The number of hydrogen-bond acceptors (Lipinski definition) is 3. The highest BCUT2D eigenvalue weighted by Crippen LogP contribution is 2.43. The van der Waals surface area contributed by atoms with Crippen molar-refractivity contribution in [3.8, 4) is 5.75 Å². The summed E-state index contributed by atoms with van der Waals surface area (Å²) in [5.74, 6) is 0.902. The van der Waals surface area contributed by atoms with Gasteiger partial charge < -0.3 is 4.74 Å². The van der Waals surface area contributed by atoms with Crippen molar-refractivity contribution in [1.82, 2.24) is 4.31 Å². The average molecular weight is 412 g/mol. The summed E-state index contributed by atoms with van der Waals surface area (Å²) in [6.45, 7) is 6.80. The fourth-order valence-electron chi connectivity index (χ4n) is 5.11. The van der Waals surface area contributed by atoms with E-state index in [0.29, 0.717) is 13.0 Å². The van der Waals surface area contributed by atoms with Crippen LogP contribution in [0.2, 0.25) is 0 Å². The fraction of sp³-hybridized carbons (Fsp3) is 0.458. The lowest BCUT2D eigenvalue weighted by molar-refractivity contribution is 0.0612. The molecule has 2 aromatic rings. The van der Waals surface area contributed by atoms with E-state index in [4.69, 9.17) is 4.74 Å². The Kier molecular flexibility index (Phi) is 5.38. The first-order valence-corrected chi connectivity index (χ1v) is 11.5. The number of piperidine rings is 1. The van der Waals surface area contributed by atoms with Crippen LogP contribution < -0.4 is 4.74 Å². The van der Waals surface area contributed by atoms with Gasteiger partial charge in [0.1, 0.15) is 16.7 Å². The van der Waals surface area contributed by atoms with Gasteiger partial charge in [-0.3, -0.25) is 4.79 Å². The minimum atomic E-state index is -1.35. The Bertz CT molecular complexity index is 977. The van der Waals surface area contributed by atoms with Crippen molar-refractivity contribution in [2.24, 2.45) is 0 Å². The summed E-state index contributed by atoms with van der Waals surface area (Å²) in [5, 5.41) is 0. The van der Waals surface area contributed by atoms with Crippen LogP contribution in [-0.4, -0.2) is 33.5 Å². The van der Waals surface area contributed by atoms with Crippen molar-refractivity contribution in [2.75, 3.05) is 13.7 Å². The third kappa shape index (κ3) is 3.34. The number of benzene rings is 2. The number of ketones is 1. The van der Waals surface area contributed by atoms with Crippen molar-refractivity contribution >= 4 is 16.8 Å². The van der Waals surface area contributed by atoms with Crippen molar-refractivity contribution in [1.29, 1.82) is 0 Å². The number of nitrogens with zero attached hydrogens (tertiary/aromatic N) is 1. The zero-order valence-corrected chi connectivity index (χ0v) is 18.5. The van der Waals surface area contributed by atoms with E-state index >= 15 is 0 Å². The quantitative estimate of drug-likeness (QED) is 0.736. The Morgan fingerprint density at radius 2 is 1.76 bits per heavy atom. The molecule has 1 aliphatic carbocycles. The molecule has 0 aromatic heterocycles. The average Bonchev–Trinajstić information content (AvgIpc) is 2.70. The molecule has 4 nitrogen and oxygen atoms in total. The highest BCUT2D eigenvalue weighted by atomic mass is 32.2. The largest absolute Gasteiger partial charge is 0.497 e. The van der Waals surface area contributed by atoms with Crippen LogP contribution >= 0.6 is 0 Å². The second kappa shape index (κ2) is 7.69. The molecule has 1 aliphatic heterocycles. The maximum atomic E-state index is 13.8. The lowest BCUT2D eigenvalue weighted by Crippen LogP contribution is -2.59. The monoisotopic (exact) mass is 411 g/mol. The molecule has 0 radical (unpaired) electrons. The summed E-state index contributed by atoms with van der Waals surface area (Å²) in [6.07, 6.45) is 4.25. The van der Waals surface area contributed by atoms with Crippen LogP contribution in [0.4, 0.5) is 0 Å². The Morgan fingerprint density at radius 1 is 1.03 bits per heavy atom. The molecule has 2 unspecified atom stereocenters. The summed E-state index contributed by atoms with van der Waals surface area (Å²) in [7, 11) is 0.291. The molecule has 1 spiro atoms. The van der Waals surface area contributed by atoms with E-state index in [-0.39, 0.29) is 5.78 Å². The first kappa shape index (κ1) is 20.3. The molecule has 1 fully saturated rings. The Balaban J connectivity index is 1.76. The molecule has 154 valence electrons. The van der Waals surface area contributed by atoms with E-state index in [2.05, 4.69) is 19.1 Å². The van der Waals surface area contributed by atoms with Gasteiger partial charge >= 0.3 is 0 Å². The van der Waals surface area contributed by atoms with Gasteiger partial charge in [-0.15, -0.1) is 0 Å². The molecule has 4 rings (SSSR count). The third-order valence-electron chi connectivity index (χ3n) is 6.45. The number of hydrogen-bond donors (Lipinski definition) is 0. The van der Waals surface area contributed by atoms with Gasteiger partial charge in [-0.05, 0) is 87.8 Å². The number of Topliss-reactive ketones (excluding diaryl/α,β-unsaturated/α-hetero) is 1. The van der Waals surface area contributed by atoms with Crippen molar-refractivity contribution in [2.45, 2.75) is 63.3 Å². The maximum absolute atomic E-state index is 13.8. The van der Waals surface area contributed by atoms with E-state index < -0.39 is 16.5 Å². The summed E-state index contributed by atoms with van der Waals surface area (Å²) < 4.78 is 21.2. The highest BCUT2D eigenvalue weighted by Gasteiger charge is 2.50. The van der Waals surface area contributed by atoms with E-state index in [9.17, 15) is 9.00 Å². The predicted octanol–water partition coefficient (Wildman–Crippen LogP) is 4.70. The molecular formula is C24H29NO3S. The minimum Gasteiger partial charge on any atom is -0.497 e. The van der Waals surface area contributed by atoms with E-state index in [1.54, 1.807) is 7.11 Å². The Labute approximate surface area is 175 Å². The molecule has 2 aliphatic rings. The molecule has 0 N–H and O–H groups in total. The maximum Gasteiger partial charge on any atom is 0.184 e. The first-order chi connectivity index (χ1) is 13.9. The normalized spacial score (nSPS) is 23.1. The smallest absolute Gasteiger partial charge is 0.184 e. The van der Waals surface area contributed by atoms with Crippen LogP contribution in [0.1, 0.15) is 58.3 Å². The fourth-order valence-corrected chi connectivity index (χ4v) is 6.88. The molecule has 0 saturated carbocycles. The SMILES string of the molecule is COc1ccc2c(c1)CCC1(CCCCN1S(=O)c1c(C)cc(C)cc1C)C2=O. The number of fused-ring (bicyclic) bond motifs is 1. The molecule has 2 atom stereocenters. The second-order valence-corrected chi connectivity index (χ2v) is 9.77. The summed E-state index contributed by atoms with van der Waals surface area (Å²) in [6, 6.07) is 9.88. The number of aryl methyl sites for hydroxylation is 4. The standard InChI is InChI=1S/C24H29NO3S/c1-16-13-17(2)22(18(3)14-16)29(27)25-12-6-5-10-24(25)11-9-19-15-20(28-4)7-8-21(19)23(24)26/h7-8,13-15H,5-6,9-12H2,1-4H3. The zero-order chi connectivity index (χ0) is 20.8. The van der Waals surface area contributed by atoms with E-state index in [1.807, 2.05) is 36.4 Å². The lowest BCUT2D eigenvalue weighted by Gasteiger charge is -2.47. The Hall–Kier alpha value is -1.98. The summed E-state index contributed by atoms with van der Waals surface area (Å²) in [4.78, 5) is 14.6. The van der Waals surface area contributed by atoms with Gasteiger partial charge in [0.25, 0.3) is 0 Å². The topological polar surface area (TPSA) is 46.6 Å². The highest BCUT2D eigenvalue weighted by molar-refractivity contribution is 7.82. The molecule has 0 bridgehead atoms. The van der Waals surface area contributed by atoms with Crippen molar-refractivity contribution < 1.29 is 13.7 Å². The van der Waals surface area contributed by atoms with E-state index in [1.165, 1.54) is 5.56 Å². The number of rotatable bonds is 3. The van der Waals surface area contributed by atoms with Gasteiger partial charge in [-0.25, -0.2) is 8.51 Å². The minimum absolute atomic E-state index is 0.122. The molecule has 5 heteroatoms. The number of carbonyl (C=O) groups excluding carboxylic acids is 1. The van der Waals surface area contributed by atoms with Gasteiger partial charge in [0.15, 0.2) is 5.78 Å². The van der Waals surface area contributed by atoms with Crippen molar-refractivity contribution in [3.63, 3.8) is 0 Å². The van der Waals surface area contributed by atoms with Gasteiger partial charge in [0.05, 0.1) is 17.5 Å². The molecule has 1 saturated heterocycles. The lowest BCUT2D eigenvalue weighted by atomic mass is 9.72. The van der Waals surface area contributed by atoms with Gasteiger partial charge in [-0.2, -0.15) is 0 Å².